The van der Waals surface area contributed by atoms with Gasteiger partial charge in [-0.2, -0.15) is 0 Å². The molecule has 0 saturated heterocycles. The molecule has 1 heterocycles. The first-order valence-corrected chi connectivity index (χ1v) is 6.33. The van der Waals surface area contributed by atoms with Gasteiger partial charge in [-0.05, 0) is 12.5 Å². The van der Waals surface area contributed by atoms with Gasteiger partial charge in [-0.1, -0.05) is 30.3 Å². The number of nitrogens with zero attached hydrogens (tertiary/aromatic N) is 1. The third-order valence-corrected chi connectivity index (χ3v) is 3.27. The molecular weight excluding hydrogens is 248 g/mol. The lowest BCUT2D eigenvalue weighted by molar-refractivity contribution is -0.126. The van der Waals surface area contributed by atoms with Gasteiger partial charge >= 0.3 is 0 Å². The van der Waals surface area contributed by atoms with E-state index in [4.69, 9.17) is 4.74 Å². The number of rotatable bonds is 4. The number of aryl methyl sites for hydroxylation is 1. The van der Waals surface area contributed by atoms with Crippen molar-refractivity contribution in [2.75, 3.05) is 12.4 Å². The van der Waals surface area contributed by atoms with Gasteiger partial charge in [0.15, 0.2) is 6.10 Å². The van der Waals surface area contributed by atoms with Crippen LogP contribution >= 0.6 is 11.3 Å². The molecule has 1 aromatic heterocycles. The van der Waals surface area contributed by atoms with Crippen LogP contribution in [0.4, 0.5) is 5.00 Å². The fourth-order valence-electron chi connectivity index (χ4n) is 1.63. The number of hydrogen-bond acceptors (Lipinski definition) is 4. The molecule has 4 nitrogen and oxygen atoms in total. The maximum Gasteiger partial charge on any atom is 0.258 e. The van der Waals surface area contributed by atoms with Crippen molar-refractivity contribution in [2.45, 2.75) is 13.0 Å². The molecule has 1 amide bonds. The van der Waals surface area contributed by atoms with Crippen molar-refractivity contribution in [3.05, 3.63) is 47.1 Å². The van der Waals surface area contributed by atoms with E-state index in [0.717, 1.165) is 15.6 Å². The van der Waals surface area contributed by atoms with Gasteiger partial charge in [0.25, 0.3) is 5.91 Å². The van der Waals surface area contributed by atoms with Crippen LogP contribution in [0.5, 0.6) is 0 Å². The Bertz CT molecular complexity index is 525. The molecule has 1 aromatic carbocycles. The number of carbonyl (C=O) groups excluding carboxylic acids is 1. The topological polar surface area (TPSA) is 51.2 Å². The number of hydrogen-bond donors (Lipinski definition) is 1. The molecule has 0 unspecified atom stereocenters. The molecule has 0 saturated carbocycles. The van der Waals surface area contributed by atoms with Gasteiger partial charge in [-0.15, -0.1) is 11.3 Å². The zero-order valence-electron chi connectivity index (χ0n) is 10.2. The summed E-state index contributed by atoms with van der Waals surface area (Å²) in [5.74, 6) is -0.188. The molecule has 2 rings (SSSR count). The molecular formula is C13H14N2O2S. The summed E-state index contributed by atoms with van der Waals surface area (Å²) in [7, 11) is 1.52. The van der Waals surface area contributed by atoms with Gasteiger partial charge in [-0.25, -0.2) is 4.98 Å². The van der Waals surface area contributed by atoms with Gasteiger partial charge in [0.2, 0.25) is 0 Å². The van der Waals surface area contributed by atoms with E-state index in [9.17, 15) is 4.79 Å². The van der Waals surface area contributed by atoms with E-state index in [1.165, 1.54) is 18.4 Å². The molecule has 5 heteroatoms. The lowest BCUT2D eigenvalue weighted by atomic mass is 10.1. The zero-order valence-corrected chi connectivity index (χ0v) is 11.0. The quantitative estimate of drug-likeness (QED) is 0.921. The van der Waals surface area contributed by atoms with Gasteiger partial charge in [-0.3, -0.25) is 4.79 Å². The van der Waals surface area contributed by atoms with E-state index in [1.807, 2.05) is 37.3 Å². The summed E-state index contributed by atoms with van der Waals surface area (Å²) in [5.41, 5.74) is 0.832. The van der Waals surface area contributed by atoms with Crippen LogP contribution in [0.1, 0.15) is 16.7 Å². The van der Waals surface area contributed by atoms with E-state index in [2.05, 4.69) is 10.3 Å². The lowest BCUT2D eigenvalue weighted by Crippen LogP contribution is -2.22. The van der Waals surface area contributed by atoms with Crippen LogP contribution in [-0.4, -0.2) is 18.0 Å². The Morgan fingerprint density at radius 3 is 2.67 bits per heavy atom. The molecule has 0 radical (unpaired) electrons. The predicted molar refractivity (Wildman–Crippen MR) is 71.7 cm³/mol. The monoisotopic (exact) mass is 262 g/mol. The van der Waals surface area contributed by atoms with E-state index in [-0.39, 0.29) is 5.91 Å². The fourth-order valence-corrected chi connectivity index (χ4v) is 2.31. The largest absolute Gasteiger partial charge is 0.367 e. The smallest absolute Gasteiger partial charge is 0.258 e. The van der Waals surface area contributed by atoms with Crippen molar-refractivity contribution < 1.29 is 9.53 Å². The normalized spacial score (nSPS) is 12.1. The summed E-state index contributed by atoms with van der Waals surface area (Å²) < 4.78 is 5.25. The van der Waals surface area contributed by atoms with Crippen LogP contribution in [-0.2, 0) is 9.53 Å². The van der Waals surface area contributed by atoms with Gasteiger partial charge in [0.1, 0.15) is 5.00 Å². The van der Waals surface area contributed by atoms with Crippen LogP contribution in [0.15, 0.2) is 36.5 Å². The first-order valence-electron chi connectivity index (χ1n) is 5.51. The highest BCUT2D eigenvalue weighted by Crippen LogP contribution is 2.22. The molecule has 0 aliphatic carbocycles. The van der Waals surface area contributed by atoms with Gasteiger partial charge < -0.3 is 10.1 Å². The molecule has 2 aromatic rings. The minimum Gasteiger partial charge on any atom is -0.367 e. The van der Waals surface area contributed by atoms with Crippen molar-refractivity contribution >= 4 is 22.2 Å². The summed E-state index contributed by atoms with van der Waals surface area (Å²) in [6, 6.07) is 9.40. The first-order chi connectivity index (χ1) is 8.70. The molecule has 0 bridgehead atoms. The number of ether oxygens (including phenoxy) is 1. The SMILES string of the molecule is CO[C@H](C(=O)Nc1cnc(C)s1)c1ccccc1. The Balaban J connectivity index is 2.11. The molecule has 1 N–H and O–H groups in total. The number of anilines is 1. The number of thiazole rings is 1. The molecule has 0 spiro atoms. The summed E-state index contributed by atoms with van der Waals surface area (Å²) in [5, 5.41) is 4.45. The second-order valence-corrected chi connectivity index (χ2v) is 4.99. The molecule has 0 fully saturated rings. The third kappa shape index (κ3) is 2.94. The molecule has 0 aliphatic heterocycles. The number of methoxy groups -OCH3 is 1. The third-order valence-electron chi connectivity index (χ3n) is 2.44. The Morgan fingerprint density at radius 2 is 2.11 bits per heavy atom. The Labute approximate surface area is 110 Å². The summed E-state index contributed by atoms with van der Waals surface area (Å²) in [6.45, 7) is 1.89. The Kier molecular flexibility index (Phi) is 4.07. The standard InChI is InChI=1S/C13H14N2O2S/c1-9-14-8-11(18-9)15-13(16)12(17-2)10-6-4-3-5-7-10/h3-8,12H,1-2H3,(H,15,16)/t12-/m0/s1. The average molecular weight is 262 g/mol. The number of aromatic nitrogens is 1. The molecule has 0 aliphatic rings. The van der Waals surface area contributed by atoms with Crippen LogP contribution in [0.3, 0.4) is 0 Å². The minimum atomic E-state index is -0.603. The van der Waals surface area contributed by atoms with Crippen LogP contribution in [0.2, 0.25) is 0 Å². The second-order valence-electron chi connectivity index (χ2n) is 3.76. The molecule has 18 heavy (non-hydrogen) atoms. The van der Waals surface area contributed by atoms with Crippen molar-refractivity contribution in [2.24, 2.45) is 0 Å². The van der Waals surface area contributed by atoms with E-state index in [1.54, 1.807) is 6.20 Å². The van der Waals surface area contributed by atoms with Crippen molar-refractivity contribution in [3.8, 4) is 0 Å². The minimum absolute atomic E-state index is 0.188. The van der Waals surface area contributed by atoms with E-state index in [0.29, 0.717) is 0 Å². The average Bonchev–Trinajstić information content (AvgIpc) is 2.77. The fraction of sp³-hybridized carbons (Fsp3) is 0.231. The molecule has 1 atom stereocenters. The van der Waals surface area contributed by atoms with Crippen LogP contribution < -0.4 is 5.32 Å². The van der Waals surface area contributed by atoms with Crippen LogP contribution in [0, 0.1) is 6.92 Å². The van der Waals surface area contributed by atoms with E-state index >= 15 is 0 Å². The Hall–Kier alpha value is -1.72. The van der Waals surface area contributed by atoms with Gasteiger partial charge in [0, 0.05) is 7.11 Å². The predicted octanol–water partition coefficient (Wildman–Crippen LogP) is 2.78. The summed E-state index contributed by atoms with van der Waals surface area (Å²) in [4.78, 5) is 16.2. The van der Waals surface area contributed by atoms with Crippen LogP contribution in [0.25, 0.3) is 0 Å². The lowest BCUT2D eigenvalue weighted by Gasteiger charge is -2.14. The van der Waals surface area contributed by atoms with Gasteiger partial charge in [0.05, 0.1) is 11.2 Å². The van der Waals surface area contributed by atoms with Crippen molar-refractivity contribution in [3.63, 3.8) is 0 Å². The molecule has 94 valence electrons. The summed E-state index contributed by atoms with van der Waals surface area (Å²) in [6.07, 6.45) is 1.05. The maximum absolute atomic E-state index is 12.1. The highest BCUT2D eigenvalue weighted by atomic mass is 32.1. The van der Waals surface area contributed by atoms with Crippen molar-refractivity contribution in [1.82, 2.24) is 4.98 Å². The zero-order chi connectivity index (χ0) is 13.0. The first kappa shape index (κ1) is 12.7. The highest BCUT2D eigenvalue weighted by molar-refractivity contribution is 7.15. The number of carbonyl (C=O) groups is 1. The maximum atomic E-state index is 12.1. The van der Waals surface area contributed by atoms with E-state index < -0.39 is 6.10 Å². The number of nitrogens with one attached hydrogen (secondary N) is 1. The Morgan fingerprint density at radius 1 is 1.39 bits per heavy atom. The number of amides is 1. The highest BCUT2D eigenvalue weighted by Gasteiger charge is 2.20. The number of benzene rings is 1. The second kappa shape index (κ2) is 5.75. The summed E-state index contributed by atoms with van der Waals surface area (Å²) >= 11 is 1.44. The van der Waals surface area contributed by atoms with Crippen molar-refractivity contribution in [1.29, 1.82) is 0 Å².